The standard InChI is InChI=1S/C14H16F2N4O2/c15-14(16)5-1-6-19(9-14)11-3-2-10(8-17-11)20-7-4-12(21)18-13(20)22/h2-3,8H,1,4-7,9H2,(H,18,21,22). The molecule has 22 heavy (non-hydrogen) atoms. The summed E-state index contributed by atoms with van der Waals surface area (Å²) in [5, 5.41) is 2.23. The van der Waals surface area contributed by atoms with Gasteiger partial charge in [-0.15, -0.1) is 0 Å². The lowest BCUT2D eigenvalue weighted by Crippen LogP contribution is -2.49. The highest BCUT2D eigenvalue weighted by atomic mass is 19.3. The summed E-state index contributed by atoms with van der Waals surface area (Å²) in [6, 6.07) is 2.79. The van der Waals surface area contributed by atoms with E-state index in [2.05, 4.69) is 10.3 Å². The van der Waals surface area contributed by atoms with Gasteiger partial charge in [-0.25, -0.2) is 18.6 Å². The molecule has 0 spiro atoms. The lowest BCUT2D eigenvalue weighted by Gasteiger charge is -2.33. The number of carbonyl (C=O) groups is 2. The molecule has 0 saturated carbocycles. The van der Waals surface area contributed by atoms with Gasteiger partial charge in [0.1, 0.15) is 5.82 Å². The number of rotatable bonds is 2. The first-order valence-corrected chi connectivity index (χ1v) is 7.15. The van der Waals surface area contributed by atoms with E-state index in [1.165, 1.54) is 11.1 Å². The van der Waals surface area contributed by atoms with Crippen LogP contribution in [-0.2, 0) is 4.79 Å². The summed E-state index contributed by atoms with van der Waals surface area (Å²) in [4.78, 5) is 30.0. The zero-order valence-corrected chi connectivity index (χ0v) is 11.9. The number of hydrogen-bond acceptors (Lipinski definition) is 4. The normalized spacial score (nSPS) is 21.7. The Kier molecular flexibility index (Phi) is 3.67. The van der Waals surface area contributed by atoms with Crippen molar-refractivity contribution in [3.05, 3.63) is 18.3 Å². The number of piperidine rings is 1. The summed E-state index contributed by atoms with van der Waals surface area (Å²) in [5.74, 6) is -2.52. The summed E-state index contributed by atoms with van der Waals surface area (Å²) in [6.45, 7) is 0.492. The van der Waals surface area contributed by atoms with Crippen LogP contribution in [0.4, 0.5) is 25.1 Å². The molecule has 0 atom stereocenters. The topological polar surface area (TPSA) is 65.5 Å². The zero-order valence-electron chi connectivity index (χ0n) is 11.9. The van der Waals surface area contributed by atoms with Gasteiger partial charge in [-0.3, -0.25) is 15.0 Å². The van der Waals surface area contributed by atoms with Crippen LogP contribution in [-0.4, -0.2) is 42.5 Å². The molecule has 2 aliphatic rings. The monoisotopic (exact) mass is 310 g/mol. The van der Waals surface area contributed by atoms with Crippen molar-refractivity contribution >= 4 is 23.4 Å². The number of halogens is 2. The minimum absolute atomic E-state index is 0.0937. The highest BCUT2D eigenvalue weighted by molar-refractivity contribution is 6.05. The van der Waals surface area contributed by atoms with Crippen LogP contribution in [0.1, 0.15) is 19.3 Å². The molecular formula is C14H16F2N4O2. The summed E-state index contributed by atoms with van der Waals surface area (Å²) < 4.78 is 26.9. The third-order valence-electron chi connectivity index (χ3n) is 3.81. The van der Waals surface area contributed by atoms with E-state index in [4.69, 9.17) is 0 Å². The fourth-order valence-electron chi connectivity index (χ4n) is 2.70. The number of anilines is 2. The van der Waals surface area contributed by atoms with Gasteiger partial charge in [-0.05, 0) is 18.6 Å². The highest BCUT2D eigenvalue weighted by Gasteiger charge is 2.35. The number of carbonyl (C=O) groups excluding carboxylic acids is 2. The number of pyridine rings is 1. The van der Waals surface area contributed by atoms with E-state index in [0.717, 1.165) is 0 Å². The smallest absolute Gasteiger partial charge is 0.328 e. The van der Waals surface area contributed by atoms with E-state index >= 15 is 0 Å². The molecule has 118 valence electrons. The van der Waals surface area contributed by atoms with Gasteiger partial charge in [0.25, 0.3) is 5.92 Å². The molecule has 0 radical (unpaired) electrons. The molecule has 1 aromatic rings. The number of aromatic nitrogens is 1. The second-order valence-electron chi connectivity index (χ2n) is 5.51. The molecular weight excluding hydrogens is 294 g/mol. The molecule has 0 aromatic carbocycles. The second-order valence-corrected chi connectivity index (χ2v) is 5.51. The summed E-state index contributed by atoms with van der Waals surface area (Å²) in [6.07, 6.45) is 2.03. The van der Waals surface area contributed by atoms with Crippen molar-refractivity contribution in [2.75, 3.05) is 29.4 Å². The van der Waals surface area contributed by atoms with Gasteiger partial charge in [0.15, 0.2) is 0 Å². The maximum absolute atomic E-state index is 13.4. The minimum Gasteiger partial charge on any atom is -0.351 e. The number of alkyl halides is 2. The molecule has 0 aliphatic carbocycles. The maximum Gasteiger partial charge on any atom is 0.328 e. The predicted molar refractivity (Wildman–Crippen MR) is 76.1 cm³/mol. The number of nitrogens with one attached hydrogen (secondary N) is 1. The molecule has 8 heteroatoms. The Bertz CT molecular complexity index is 591. The molecule has 2 saturated heterocycles. The van der Waals surface area contributed by atoms with E-state index in [-0.39, 0.29) is 31.8 Å². The summed E-state index contributed by atoms with van der Waals surface area (Å²) >= 11 is 0. The van der Waals surface area contributed by atoms with Crippen molar-refractivity contribution in [1.82, 2.24) is 10.3 Å². The van der Waals surface area contributed by atoms with Gasteiger partial charge in [0, 0.05) is 25.9 Å². The van der Waals surface area contributed by atoms with Crippen LogP contribution in [0.15, 0.2) is 18.3 Å². The van der Waals surface area contributed by atoms with Gasteiger partial charge in [-0.1, -0.05) is 0 Å². The van der Waals surface area contributed by atoms with E-state index in [1.807, 2.05) is 0 Å². The fourth-order valence-corrected chi connectivity index (χ4v) is 2.70. The SMILES string of the molecule is O=C1CCN(c2ccc(N3CCCC(F)(F)C3)nc2)C(=O)N1. The number of urea groups is 1. The van der Waals surface area contributed by atoms with Crippen LogP contribution in [0, 0.1) is 0 Å². The molecule has 1 aromatic heterocycles. The molecule has 0 unspecified atom stereocenters. The number of nitrogens with zero attached hydrogens (tertiary/aromatic N) is 3. The molecule has 3 rings (SSSR count). The first-order valence-electron chi connectivity index (χ1n) is 7.15. The van der Waals surface area contributed by atoms with Crippen molar-refractivity contribution in [3.8, 4) is 0 Å². The molecule has 3 heterocycles. The Morgan fingerprint density at radius 2 is 2.05 bits per heavy atom. The van der Waals surface area contributed by atoms with E-state index in [9.17, 15) is 18.4 Å². The van der Waals surface area contributed by atoms with Gasteiger partial charge in [0.2, 0.25) is 5.91 Å². The fraction of sp³-hybridized carbons (Fsp3) is 0.500. The van der Waals surface area contributed by atoms with Crippen LogP contribution < -0.4 is 15.1 Å². The van der Waals surface area contributed by atoms with Crippen LogP contribution in [0.3, 0.4) is 0 Å². The van der Waals surface area contributed by atoms with Crippen molar-refractivity contribution < 1.29 is 18.4 Å². The summed E-state index contributed by atoms with van der Waals surface area (Å²) in [7, 11) is 0. The Balaban J connectivity index is 1.73. The Hall–Kier alpha value is -2.25. The maximum atomic E-state index is 13.4. The van der Waals surface area contributed by atoms with Gasteiger partial charge in [-0.2, -0.15) is 0 Å². The second kappa shape index (κ2) is 5.51. The predicted octanol–water partition coefficient (Wildman–Crippen LogP) is 1.76. The average Bonchev–Trinajstić information content (AvgIpc) is 2.46. The van der Waals surface area contributed by atoms with E-state index in [0.29, 0.717) is 24.5 Å². The summed E-state index contributed by atoms with van der Waals surface area (Å²) in [5.41, 5.74) is 0.539. The highest BCUT2D eigenvalue weighted by Crippen LogP contribution is 2.29. The lowest BCUT2D eigenvalue weighted by atomic mass is 10.1. The molecule has 3 amide bonds. The van der Waals surface area contributed by atoms with Crippen LogP contribution >= 0.6 is 0 Å². The van der Waals surface area contributed by atoms with Crippen LogP contribution in [0.5, 0.6) is 0 Å². The van der Waals surface area contributed by atoms with Crippen molar-refractivity contribution in [2.24, 2.45) is 0 Å². The quantitative estimate of drug-likeness (QED) is 0.904. The minimum atomic E-state index is -2.69. The third-order valence-corrected chi connectivity index (χ3v) is 3.81. The van der Waals surface area contributed by atoms with Crippen molar-refractivity contribution in [3.63, 3.8) is 0 Å². The van der Waals surface area contributed by atoms with Gasteiger partial charge >= 0.3 is 6.03 Å². The number of hydrogen-bond donors (Lipinski definition) is 1. The zero-order chi connectivity index (χ0) is 15.7. The molecule has 0 bridgehead atoms. The molecule has 1 N–H and O–H groups in total. The Morgan fingerprint density at radius 3 is 2.68 bits per heavy atom. The largest absolute Gasteiger partial charge is 0.351 e. The molecule has 6 nitrogen and oxygen atoms in total. The van der Waals surface area contributed by atoms with Crippen LogP contribution in [0.2, 0.25) is 0 Å². The third kappa shape index (κ3) is 3.00. The average molecular weight is 310 g/mol. The van der Waals surface area contributed by atoms with E-state index in [1.54, 1.807) is 17.0 Å². The molecule has 2 aliphatic heterocycles. The number of imide groups is 1. The van der Waals surface area contributed by atoms with Gasteiger partial charge in [0.05, 0.1) is 18.4 Å². The van der Waals surface area contributed by atoms with Crippen molar-refractivity contribution in [1.29, 1.82) is 0 Å². The lowest BCUT2D eigenvalue weighted by molar-refractivity contribution is -0.120. The number of amides is 3. The van der Waals surface area contributed by atoms with Crippen molar-refractivity contribution in [2.45, 2.75) is 25.2 Å². The first-order chi connectivity index (χ1) is 10.4. The van der Waals surface area contributed by atoms with Gasteiger partial charge < -0.3 is 4.90 Å². The Morgan fingerprint density at radius 1 is 1.23 bits per heavy atom. The molecule has 2 fully saturated rings. The first kappa shape index (κ1) is 14.7. The Labute approximate surface area is 126 Å². The van der Waals surface area contributed by atoms with E-state index < -0.39 is 12.0 Å². The van der Waals surface area contributed by atoms with Crippen LogP contribution in [0.25, 0.3) is 0 Å².